The first-order chi connectivity index (χ1) is 11.6. The van der Waals surface area contributed by atoms with Crippen molar-refractivity contribution in [3.63, 3.8) is 0 Å². The molecule has 3 aliphatic rings. The number of carbonyl (C=O) groups excluding carboxylic acids is 1. The minimum absolute atomic E-state index is 0.0963. The number of fused-ring (bicyclic) bond motifs is 2. The zero-order chi connectivity index (χ0) is 17.3. The lowest BCUT2D eigenvalue weighted by Gasteiger charge is -2.38. The summed E-state index contributed by atoms with van der Waals surface area (Å²) in [7, 11) is 0. The van der Waals surface area contributed by atoms with Gasteiger partial charge >= 0.3 is 6.09 Å². The van der Waals surface area contributed by atoms with Crippen molar-refractivity contribution in [2.24, 2.45) is 11.1 Å². The van der Waals surface area contributed by atoms with Crippen LogP contribution in [0.4, 0.5) is 4.79 Å². The maximum Gasteiger partial charge on any atom is 0.408 e. The van der Waals surface area contributed by atoms with Gasteiger partial charge < -0.3 is 20.0 Å². The van der Waals surface area contributed by atoms with Crippen molar-refractivity contribution < 1.29 is 24.6 Å². The summed E-state index contributed by atoms with van der Waals surface area (Å²) in [6, 6.07) is 0.561. The molecule has 24 heavy (non-hydrogen) atoms. The number of amides is 2. The van der Waals surface area contributed by atoms with Gasteiger partial charge in [0.15, 0.2) is 0 Å². The van der Waals surface area contributed by atoms with Gasteiger partial charge in [-0.15, -0.1) is 0 Å². The van der Waals surface area contributed by atoms with Crippen LogP contribution in [0, 0.1) is 17.2 Å². The van der Waals surface area contributed by atoms with Crippen LogP contribution in [0.5, 0.6) is 0 Å². The van der Waals surface area contributed by atoms with Gasteiger partial charge in [-0.1, -0.05) is 5.16 Å². The Morgan fingerprint density at radius 3 is 2.88 bits per heavy atom. The number of carboxylic acid groups (broad SMARTS) is 1. The number of piperidine rings is 1. The SMILES string of the molecule is N#C[C@@H]1CCCN1C(=O)[C@@H]1[C@H]2C[C@H]([C@H](OC/C=N/O)C2)N1C(=O)O. The van der Waals surface area contributed by atoms with Crippen LogP contribution >= 0.6 is 0 Å². The first kappa shape index (κ1) is 16.5. The molecule has 3 fully saturated rings. The first-order valence-electron chi connectivity index (χ1n) is 8.07. The van der Waals surface area contributed by atoms with Crippen LogP contribution in [0.25, 0.3) is 0 Å². The summed E-state index contributed by atoms with van der Waals surface area (Å²) in [6.07, 6.45) is 2.33. The highest BCUT2D eigenvalue weighted by Gasteiger charge is 2.57. The van der Waals surface area contributed by atoms with Gasteiger partial charge in [-0.2, -0.15) is 5.26 Å². The second-order valence-electron chi connectivity index (χ2n) is 6.42. The molecular formula is C15H20N4O5. The van der Waals surface area contributed by atoms with Crippen LogP contribution < -0.4 is 0 Å². The van der Waals surface area contributed by atoms with E-state index >= 15 is 0 Å². The van der Waals surface area contributed by atoms with Crippen molar-refractivity contribution in [1.29, 1.82) is 5.26 Å². The van der Waals surface area contributed by atoms with E-state index in [4.69, 9.17) is 9.94 Å². The van der Waals surface area contributed by atoms with E-state index in [0.29, 0.717) is 25.8 Å². The Morgan fingerprint density at radius 2 is 2.21 bits per heavy atom. The molecule has 0 unspecified atom stereocenters. The third kappa shape index (κ3) is 2.67. The molecule has 5 atom stereocenters. The van der Waals surface area contributed by atoms with Gasteiger partial charge in [-0.25, -0.2) is 4.79 Å². The number of rotatable bonds is 4. The van der Waals surface area contributed by atoms with Crippen molar-refractivity contribution in [3.05, 3.63) is 0 Å². The molecule has 2 saturated heterocycles. The third-order valence-electron chi connectivity index (χ3n) is 5.24. The molecule has 1 aliphatic carbocycles. The van der Waals surface area contributed by atoms with Gasteiger partial charge in [-0.3, -0.25) is 9.69 Å². The Morgan fingerprint density at radius 1 is 1.42 bits per heavy atom. The molecule has 130 valence electrons. The molecule has 0 spiro atoms. The molecule has 2 bridgehead atoms. The van der Waals surface area contributed by atoms with Crippen LogP contribution in [0.3, 0.4) is 0 Å². The van der Waals surface area contributed by atoms with E-state index in [0.717, 1.165) is 6.42 Å². The van der Waals surface area contributed by atoms with E-state index in [-0.39, 0.29) is 30.6 Å². The fourth-order valence-corrected chi connectivity index (χ4v) is 4.29. The molecule has 0 radical (unpaired) electrons. The molecule has 2 heterocycles. The van der Waals surface area contributed by atoms with Crippen LogP contribution in [-0.4, -0.2) is 75.7 Å². The molecule has 0 aromatic carbocycles. The highest BCUT2D eigenvalue weighted by atomic mass is 16.5. The lowest BCUT2D eigenvalue weighted by atomic mass is 9.96. The molecule has 0 aromatic rings. The number of oxime groups is 1. The Hall–Kier alpha value is -2.34. The summed E-state index contributed by atoms with van der Waals surface area (Å²) in [5.41, 5.74) is 0. The Kier molecular flexibility index (Phi) is 4.57. The Labute approximate surface area is 139 Å². The second-order valence-corrected chi connectivity index (χ2v) is 6.42. The Balaban J connectivity index is 1.75. The molecule has 9 nitrogen and oxygen atoms in total. The maximum absolute atomic E-state index is 12.9. The van der Waals surface area contributed by atoms with E-state index in [2.05, 4.69) is 11.2 Å². The number of likely N-dealkylation sites (tertiary alicyclic amines) is 2. The summed E-state index contributed by atoms with van der Waals surface area (Å²) in [5.74, 6) is -0.362. The number of hydrogen-bond acceptors (Lipinski definition) is 6. The lowest BCUT2D eigenvalue weighted by Crippen LogP contribution is -2.57. The minimum atomic E-state index is -1.14. The van der Waals surface area contributed by atoms with Crippen molar-refractivity contribution in [1.82, 2.24) is 9.80 Å². The fraction of sp³-hybridized carbons (Fsp3) is 0.733. The van der Waals surface area contributed by atoms with Crippen LogP contribution in [0.15, 0.2) is 5.16 Å². The molecule has 9 heteroatoms. The summed E-state index contributed by atoms with van der Waals surface area (Å²) >= 11 is 0. The summed E-state index contributed by atoms with van der Waals surface area (Å²) in [6.45, 7) is 0.602. The van der Waals surface area contributed by atoms with E-state index in [1.165, 1.54) is 16.0 Å². The molecule has 3 rings (SSSR count). The molecule has 0 aromatic heterocycles. The lowest BCUT2D eigenvalue weighted by molar-refractivity contribution is -0.139. The Bertz CT molecular complexity index is 589. The van der Waals surface area contributed by atoms with Gasteiger partial charge in [0.25, 0.3) is 0 Å². The smallest absolute Gasteiger partial charge is 0.408 e. The van der Waals surface area contributed by atoms with Gasteiger partial charge in [0.1, 0.15) is 12.1 Å². The summed E-state index contributed by atoms with van der Waals surface area (Å²) < 4.78 is 5.56. The number of hydrogen-bond donors (Lipinski definition) is 2. The van der Waals surface area contributed by atoms with Crippen molar-refractivity contribution >= 4 is 18.2 Å². The largest absolute Gasteiger partial charge is 0.465 e. The standard InChI is InChI=1S/C15H20N4O5/c16-8-10-2-1-4-18(10)14(20)13-9-6-11(19(13)15(21)22)12(7-9)24-5-3-17-23/h3,9-13,23H,1-2,4-7H2,(H,21,22)/b17-3+/t9-,10-,11+,12+,13-/m0/s1. The zero-order valence-corrected chi connectivity index (χ0v) is 13.1. The topological polar surface area (TPSA) is 126 Å². The average Bonchev–Trinajstić information content (AvgIpc) is 3.27. The zero-order valence-electron chi connectivity index (χ0n) is 13.1. The van der Waals surface area contributed by atoms with Crippen molar-refractivity contribution in [2.75, 3.05) is 13.2 Å². The maximum atomic E-state index is 12.9. The van der Waals surface area contributed by atoms with Gasteiger partial charge in [0.2, 0.25) is 5.91 Å². The molecule has 2 aliphatic heterocycles. The monoisotopic (exact) mass is 336 g/mol. The predicted molar refractivity (Wildman–Crippen MR) is 80.5 cm³/mol. The average molecular weight is 336 g/mol. The molecule has 2 N–H and O–H groups in total. The van der Waals surface area contributed by atoms with E-state index in [9.17, 15) is 20.0 Å². The summed E-state index contributed by atoms with van der Waals surface area (Å²) in [4.78, 5) is 27.3. The number of nitriles is 1. The normalized spacial score (nSPS) is 34.9. The highest BCUT2D eigenvalue weighted by Crippen LogP contribution is 2.45. The quantitative estimate of drug-likeness (QED) is 0.437. The minimum Gasteiger partial charge on any atom is -0.465 e. The van der Waals surface area contributed by atoms with E-state index in [1.807, 2.05) is 0 Å². The number of nitrogens with zero attached hydrogens (tertiary/aromatic N) is 4. The van der Waals surface area contributed by atoms with Crippen molar-refractivity contribution in [2.45, 2.75) is 49.9 Å². The van der Waals surface area contributed by atoms with Gasteiger partial charge in [0, 0.05) is 6.54 Å². The fourth-order valence-electron chi connectivity index (χ4n) is 4.29. The first-order valence-corrected chi connectivity index (χ1v) is 8.07. The third-order valence-corrected chi connectivity index (χ3v) is 5.24. The van der Waals surface area contributed by atoms with Crippen molar-refractivity contribution in [3.8, 4) is 6.07 Å². The van der Waals surface area contributed by atoms with Gasteiger partial charge in [-0.05, 0) is 31.6 Å². The van der Waals surface area contributed by atoms with E-state index in [1.54, 1.807) is 0 Å². The molecule has 1 saturated carbocycles. The van der Waals surface area contributed by atoms with Crippen LogP contribution in [-0.2, 0) is 9.53 Å². The van der Waals surface area contributed by atoms with Gasteiger partial charge in [0.05, 0.1) is 31.0 Å². The molecule has 2 amide bonds. The van der Waals surface area contributed by atoms with Crippen LogP contribution in [0.2, 0.25) is 0 Å². The van der Waals surface area contributed by atoms with Crippen LogP contribution in [0.1, 0.15) is 25.7 Å². The summed E-state index contributed by atoms with van der Waals surface area (Å²) in [5, 5.41) is 30.0. The number of carbonyl (C=O) groups is 2. The number of ether oxygens (including phenoxy) is 1. The highest BCUT2D eigenvalue weighted by molar-refractivity contribution is 5.87. The van der Waals surface area contributed by atoms with E-state index < -0.39 is 18.2 Å². The second kappa shape index (κ2) is 6.65. The predicted octanol–water partition coefficient (Wildman–Crippen LogP) is 0.487. The molecular weight excluding hydrogens is 316 g/mol.